The van der Waals surface area contributed by atoms with Crippen LogP contribution in [0.1, 0.15) is 86.5 Å². The molecule has 13 N–H and O–H groups in total. The molecule has 2 fully saturated rings. The third kappa shape index (κ3) is 19.3. The molecule has 2 bridgehead atoms. The molecule has 3 aliphatic heterocycles. The number of carboxylic acid groups (broad SMARTS) is 1. The van der Waals surface area contributed by atoms with Crippen LogP contribution in [-0.2, 0) is 28.5 Å². The van der Waals surface area contributed by atoms with Crippen LogP contribution in [0.15, 0.2) is 85.1 Å². The molecular formula is C48H77NO17. The third-order valence-electron chi connectivity index (χ3n) is 12.0. The van der Waals surface area contributed by atoms with Crippen molar-refractivity contribution in [2.24, 2.45) is 23.5 Å². The smallest absolute Gasteiger partial charge is 0.311 e. The van der Waals surface area contributed by atoms with E-state index in [4.69, 9.17) is 24.7 Å². The lowest BCUT2D eigenvalue weighted by molar-refractivity contribution is -0.308. The Labute approximate surface area is 388 Å². The number of aliphatic hydroxyl groups is 10. The number of hydrogen-bond donors (Lipinski definition) is 12. The fraction of sp³-hybridized carbons (Fsp3) is 0.667. The minimum Gasteiger partial charge on any atom is -0.481 e. The Kier molecular flexibility index (Phi) is 25.6. The Morgan fingerprint density at radius 2 is 1.23 bits per heavy atom. The van der Waals surface area contributed by atoms with Crippen LogP contribution in [0.25, 0.3) is 0 Å². The summed E-state index contributed by atoms with van der Waals surface area (Å²) in [5.41, 5.74) is 6.02. The molecule has 0 aliphatic carbocycles. The fourth-order valence-corrected chi connectivity index (χ4v) is 7.97. The molecule has 0 aromatic rings. The van der Waals surface area contributed by atoms with Gasteiger partial charge < -0.3 is 80.9 Å². The molecule has 3 heterocycles. The van der Waals surface area contributed by atoms with Gasteiger partial charge in [0.25, 0.3) is 0 Å². The maximum atomic E-state index is 12.6. The van der Waals surface area contributed by atoms with Gasteiger partial charge in [-0.25, -0.2) is 0 Å². The number of carbonyl (C=O) groups excluding carboxylic acids is 1. The maximum absolute atomic E-state index is 12.6. The Hall–Kier alpha value is -3.44. The summed E-state index contributed by atoms with van der Waals surface area (Å²) in [6.07, 6.45) is 3.46. The minimum absolute atomic E-state index is 0. The number of ether oxygens (including phenoxy) is 4. The van der Waals surface area contributed by atoms with Gasteiger partial charge in [0.2, 0.25) is 0 Å². The predicted molar refractivity (Wildman–Crippen MR) is 244 cm³/mol. The van der Waals surface area contributed by atoms with Gasteiger partial charge in [-0.1, -0.05) is 106 Å². The van der Waals surface area contributed by atoms with E-state index in [-0.39, 0.29) is 39.0 Å². The van der Waals surface area contributed by atoms with Crippen molar-refractivity contribution in [1.29, 1.82) is 0 Å². The number of carboxylic acids is 1. The number of nitrogens with two attached hydrogens (primary N) is 1. The molecule has 0 radical (unpaired) electrons. The summed E-state index contributed by atoms with van der Waals surface area (Å²) in [6.45, 7) is 6.74. The summed E-state index contributed by atoms with van der Waals surface area (Å²) < 4.78 is 23.1. The SMILES string of the molecule is C.CC1/C=C/C=C/C=C/C=C/C=C/C=C/C=C/C(OC2OC(C)C(O)C(N)C2O)CC2OC(O)(CC(O)CC(O)C(O)CCC(O)CC(O)CC(=O)OC(C)C(C)C1O)CC(O)C2C(=O)O. The van der Waals surface area contributed by atoms with E-state index in [1.165, 1.54) is 13.0 Å². The molecule has 376 valence electrons. The van der Waals surface area contributed by atoms with Gasteiger partial charge in [-0.05, 0) is 33.1 Å². The van der Waals surface area contributed by atoms with Crippen LogP contribution in [0.5, 0.6) is 0 Å². The number of rotatable bonds is 3. The molecule has 0 aromatic heterocycles. The molecule has 3 rings (SSSR count). The summed E-state index contributed by atoms with van der Waals surface area (Å²) in [7, 11) is 0. The Balaban J connectivity index is 0.0000150. The van der Waals surface area contributed by atoms with E-state index >= 15 is 0 Å². The predicted octanol–water partition coefficient (Wildman–Crippen LogP) is 1.35. The van der Waals surface area contributed by atoms with Crippen LogP contribution in [0.3, 0.4) is 0 Å². The average molecular weight is 940 g/mol. The molecule has 0 aromatic carbocycles. The van der Waals surface area contributed by atoms with Crippen LogP contribution in [-0.4, -0.2) is 166 Å². The summed E-state index contributed by atoms with van der Waals surface area (Å²) in [6, 6.07) is -1.15. The first kappa shape index (κ1) is 58.7. The lowest BCUT2D eigenvalue weighted by atomic mass is 9.82. The first-order valence-corrected chi connectivity index (χ1v) is 22.3. The highest BCUT2D eigenvalue weighted by molar-refractivity contribution is 5.71. The molecule has 18 heteroatoms. The molecule has 0 saturated carbocycles. The number of hydrogen-bond acceptors (Lipinski definition) is 17. The molecule has 66 heavy (non-hydrogen) atoms. The lowest BCUT2D eigenvalue weighted by Gasteiger charge is -2.45. The standard InChI is InChI=1S/C47H73NO17.CH4/c1-27-17-15-13-11-9-7-5-6-8-10-12-14-16-18-34(64-46-44(58)41(48)43(57)30(4)63-46)24-38-40(45(59)60)37(54)26-47(61,65-38)25-33(51)22-36(53)35(52)20-19-31(49)21-32(50)23-39(55)62-29(3)28(2)42(27)56;/h5-18,27-38,40-44,46,49-54,56-58,61H,19-26,48H2,1-4H3,(H,59,60);1H4/b6-5+,9-7+,10-8+,13-11+,14-12+,17-15+,18-16+;. The van der Waals surface area contributed by atoms with E-state index in [9.17, 15) is 65.8 Å². The Morgan fingerprint density at radius 1 is 0.667 bits per heavy atom. The summed E-state index contributed by atoms with van der Waals surface area (Å²) >= 11 is 0. The van der Waals surface area contributed by atoms with Crippen LogP contribution >= 0.6 is 0 Å². The van der Waals surface area contributed by atoms with Crippen LogP contribution in [0.2, 0.25) is 0 Å². The van der Waals surface area contributed by atoms with Crippen molar-refractivity contribution in [2.45, 2.75) is 184 Å². The lowest BCUT2D eigenvalue weighted by Crippen LogP contribution is -2.61. The van der Waals surface area contributed by atoms with Gasteiger partial charge in [0, 0.05) is 37.5 Å². The highest BCUT2D eigenvalue weighted by Gasteiger charge is 2.51. The second kappa shape index (κ2) is 28.8. The number of esters is 1. The Morgan fingerprint density at radius 3 is 1.80 bits per heavy atom. The molecule has 18 nitrogen and oxygen atoms in total. The highest BCUT2D eigenvalue weighted by Crippen LogP contribution is 2.38. The van der Waals surface area contributed by atoms with E-state index in [1.54, 1.807) is 80.7 Å². The monoisotopic (exact) mass is 940 g/mol. The zero-order valence-electron chi connectivity index (χ0n) is 37.6. The van der Waals surface area contributed by atoms with E-state index < -0.39 is 147 Å². The normalized spacial score (nSPS) is 44.8. The number of aliphatic carboxylic acids is 1. The first-order chi connectivity index (χ1) is 30.6. The number of cyclic esters (lactones) is 1. The van der Waals surface area contributed by atoms with Crippen molar-refractivity contribution in [3.63, 3.8) is 0 Å². The summed E-state index contributed by atoms with van der Waals surface area (Å²) in [5.74, 6) is -6.83. The first-order valence-electron chi connectivity index (χ1n) is 22.3. The van der Waals surface area contributed by atoms with Gasteiger partial charge in [-0.15, -0.1) is 0 Å². The number of aliphatic hydroxyl groups excluding tert-OH is 9. The quantitative estimate of drug-likeness (QED) is 0.178. The third-order valence-corrected chi connectivity index (χ3v) is 12.0. The van der Waals surface area contributed by atoms with Gasteiger partial charge >= 0.3 is 11.9 Å². The van der Waals surface area contributed by atoms with E-state index in [1.807, 2.05) is 19.1 Å². The fourth-order valence-electron chi connectivity index (χ4n) is 7.97. The van der Waals surface area contributed by atoms with Crippen molar-refractivity contribution in [1.82, 2.24) is 0 Å². The van der Waals surface area contributed by atoms with Crippen molar-refractivity contribution < 1.29 is 84.7 Å². The van der Waals surface area contributed by atoms with Crippen molar-refractivity contribution in [3.05, 3.63) is 85.1 Å². The Bertz CT molecular complexity index is 1670. The molecule has 19 unspecified atom stereocenters. The topological polar surface area (TPSA) is 320 Å². The molecule has 0 amide bonds. The van der Waals surface area contributed by atoms with Crippen LogP contribution < -0.4 is 5.73 Å². The summed E-state index contributed by atoms with van der Waals surface area (Å²) in [5, 5.41) is 118. The molecule has 3 aliphatic rings. The van der Waals surface area contributed by atoms with Crippen molar-refractivity contribution in [3.8, 4) is 0 Å². The summed E-state index contributed by atoms with van der Waals surface area (Å²) in [4.78, 5) is 25.1. The van der Waals surface area contributed by atoms with Gasteiger partial charge in [0.15, 0.2) is 12.1 Å². The van der Waals surface area contributed by atoms with E-state index in [0.29, 0.717) is 0 Å². The van der Waals surface area contributed by atoms with E-state index in [2.05, 4.69) is 0 Å². The largest absolute Gasteiger partial charge is 0.481 e. The van der Waals surface area contributed by atoms with Gasteiger partial charge in [0.05, 0.1) is 79.6 Å². The molecule has 2 saturated heterocycles. The second-order valence-electron chi connectivity index (χ2n) is 17.6. The molecular weight excluding hydrogens is 863 g/mol. The van der Waals surface area contributed by atoms with Gasteiger partial charge in [-0.2, -0.15) is 0 Å². The number of carbonyl (C=O) groups is 2. The van der Waals surface area contributed by atoms with E-state index in [0.717, 1.165) is 0 Å². The second-order valence-corrected chi connectivity index (χ2v) is 17.6. The van der Waals surface area contributed by atoms with Crippen LogP contribution in [0.4, 0.5) is 0 Å². The van der Waals surface area contributed by atoms with Gasteiger partial charge in [0.1, 0.15) is 18.1 Å². The van der Waals surface area contributed by atoms with Gasteiger partial charge in [-0.3, -0.25) is 9.59 Å². The van der Waals surface area contributed by atoms with Crippen molar-refractivity contribution in [2.75, 3.05) is 0 Å². The molecule has 19 atom stereocenters. The number of fused-ring (bicyclic) bond motifs is 2. The zero-order valence-corrected chi connectivity index (χ0v) is 37.6. The highest BCUT2D eigenvalue weighted by atomic mass is 16.7. The zero-order chi connectivity index (χ0) is 48.4. The maximum Gasteiger partial charge on any atom is 0.311 e. The van der Waals surface area contributed by atoms with Crippen LogP contribution in [0, 0.1) is 17.8 Å². The van der Waals surface area contributed by atoms with Crippen molar-refractivity contribution >= 4 is 11.9 Å². The average Bonchev–Trinajstić information content (AvgIpc) is 3.21. The molecule has 0 spiro atoms. The minimum atomic E-state index is -2.33. The number of allylic oxidation sites excluding steroid dienone is 12.